The summed E-state index contributed by atoms with van der Waals surface area (Å²) >= 11 is 0. The summed E-state index contributed by atoms with van der Waals surface area (Å²) in [4.78, 5) is 43.1. The van der Waals surface area contributed by atoms with E-state index in [1.807, 2.05) is 19.1 Å². The molecular weight excluding hydrogens is 400 g/mol. The molecule has 1 aromatic heterocycles. The Balaban J connectivity index is 1.71. The molecule has 0 bridgehead atoms. The quantitative estimate of drug-likeness (QED) is 0.621. The Morgan fingerprint density at radius 2 is 1.74 bits per heavy atom. The van der Waals surface area contributed by atoms with Gasteiger partial charge in [0.25, 0.3) is 5.56 Å². The van der Waals surface area contributed by atoms with Gasteiger partial charge in [0, 0.05) is 18.8 Å². The molecule has 0 unspecified atom stereocenters. The Hall–Kier alpha value is -3.88. The number of aromatic nitrogens is 2. The second-order valence-electron chi connectivity index (χ2n) is 7.07. The maximum atomic E-state index is 12.8. The van der Waals surface area contributed by atoms with Crippen molar-refractivity contribution in [2.45, 2.75) is 13.5 Å². The van der Waals surface area contributed by atoms with Gasteiger partial charge in [-0.1, -0.05) is 17.7 Å². The summed E-state index contributed by atoms with van der Waals surface area (Å²) in [5, 5.41) is 3.04. The first-order valence-electron chi connectivity index (χ1n) is 9.54. The van der Waals surface area contributed by atoms with E-state index in [-0.39, 0.29) is 19.0 Å². The minimum Gasteiger partial charge on any atom is -0.493 e. The Kier molecular flexibility index (Phi) is 6.54. The number of hydrogen-bond acceptors (Lipinski definition) is 6. The first-order valence-corrected chi connectivity index (χ1v) is 9.54. The molecule has 2 amide bonds. The van der Waals surface area contributed by atoms with E-state index < -0.39 is 11.5 Å². The minimum atomic E-state index is -0.400. The van der Waals surface area contributed by atoms with Crippen molar-refractivity contribution in [3.05, 3.63) is 58.6 Å². The average Bonchev–Trinajstić information content (AvgIpc) is 2.76. The lowest BCUT2D eigenvalue weighted by molar-refractivity contribution is -0.133. The molecule has 162 valence electrons. The summed E-state index contributed by atoms with van der Waals surface area (Å²) in [7, 11) is 4.47. The summed E-state index contributed by atoms with van der Waals surface area (Å²) in [6, 6.07) is 10.5. The van der Waals surface area contributed by atoms with E-state index in [2.05, 4.69) is 10.3 Å². The molecule has 9 heteroatoms. The Morgan fingerprint density at radius 3 is 2.39 bits per heavy atom. The molecule has 9 nitrogen and oxygen atoms in total. The fraction of sp³-hybridized carbons (Fsp3) is 0.273. The van der Waals surface area contributed by atoms with Gasteiger partial charge in [-0.25, -0.2) is 4.98 Å². The van der Waals surface area contributed by atoms with Gasteiger partial charge in [-0.05, 0) is 25.1 Å². The third-order valence-corrected chi connectivity index (χ3v) is 4.78. The molecule has 1 heterocycles. The second kappa shape index (κ2) is 9.29. The molecule has 0 fully saturated rings. The van der Waals surface area contributed by atoms with Crippen LogP contribution in [0.5, 0.6) is 11.5 Å². The average molecular weight is 424 g/mol. The summed E-state index contributed by atoms with van der Waals surface area (Å²) < 4.78 is 11.7. The summed E-state index contributed by atoms with van der Waals surface area (Å²) in [5.41, 5.74) is 1.76. The smallest absolute Gasteiger partial charge is 0.261 e. The van der Waals surface area contributed by atoms with Gasteiger partial charge in [-0.3, -0.25) is 19.0 Å². The molecule has 0 saturated carbocycles. The largest absolute Gasteiger partial charge is 0.493 e. The van der Waals surface area contributed by atoms with Crippen LogP contribution in [0.2, 0.25) is 0 Å². The molecule has 2 aromatic carbocycles. The molecule has 0 aliphatic rings. The third kappa shape index (κ3) is 5.00. The number of fused-ring (bicyclic) bond motifs is 1. The number of likely N-dealkylation sites (N-methyl/N-ethyl adjacent to an activating group) is 1. The van der Waals surface area contributed by atoms with Crippen molar-refractivity contribution < 1.29 is 19.1 Å². The number of benzene rings is 2. The fourth-order valence-electron chi connectivity index (χ4n) is 3.01. The fourth-order valence-corrected chi connectivity index (χ4v) is 3.01. The van der Waals surface area contributed by atoms with Gasteiger partial charge < -0.3 is 19.7 Å². The number of hydrogen-bond donors (Lipinski definition) is 1. The van der Waals surface area contributed by atoms with Gasteiger partial charge in [-0.15, -0.1) is 0 Å². The predicted molar refractivity (Wildman–Crippen MR) is 117 cm³/mol. The van der Waals surface area contributed by atoms with Crippen LogP contribution in [0.3, 0.4) is 0 Å². The molecule has 0 spiro atoms. The first kappa shape index (κ1) is 21.8. The zero-order valence-corrected chi connectivity index (χ0v) is 17.8. The molecule has 0 aliphatic heterocycles. The highest BCUT2D eigenvalue weighted by atomic mass is 16.5. The lowest BCUT2D eigenvalue weighted by Crippen LogP contribution is -2.38. The standard InChI is InChI=1S/C22H24N4O5/c1-14-5-7-15(8-6-14)24-20(27)11-25(2)21(28)12-26-13-23-17-10-19(31-4)18(30-3)9-16(17)22(26)29/h5-10,13H,11-12H2,1-4H3,(H,24,27). The molecule has 3 rings (SSSR count). The molecule has 3 aromatic rings. The SMILES string of the molecule is COc1cc2ncn(CC(=O)N(C)CC(=O)Nc3ccc(C)cc3)c(=O)c2cc1OC. The van der Waals surface area contributed by atoms with Crippen molar-refractivity contribution in [3.63, 3.8) is 0 Å². The number of carbonyl (C=O) groups excluding carboxylic acids is 2. The van der Waals surface area contributed by atoms with Gasteiger partial charge >= 0.3 is 0 Å². The van der Waals surface area contributed by atoms with Crippen molar-refractivity contribution >= 4 is 28.4 Å². The predicted octanol–water partition coefficient (Wildman–Crippen LogP) is 1.82. The minimum absolute atomic E-state index is 0.145. The number of methoxy groups -OCH3 is 2. The number of rotatable bonds is 7. The van der Waals surface area contributed by atoms with E-state index >= 15 is 0 Å². The molecule has 0 atom stereocenters. The van der Waals surface area contributed by atoms with Crippen LogP contribution in [0.25, 0.3) is 10.9 Å². The summed E-state index contributed by atoms with van der Waals surface area (Å²) in [5.74, 6) is 0.112. The van der Waals surface area contributed by atoms with Crippen LogP contribution in [0.4, 0.5) is 5.69 Å². The lowest BCUT2D eigenvalue weighted by Gasteiger charge is -2.17. The van der Waals surface area contributed by atoms with E-state index in [1.165, 1.54) is 43.1 Å². The summed E-state index contributed by atoms with van der Waals surface area (Å²) in [6.07, 6.45) is 1.30. The number of carbonyl (C=O) groups is 2. The van der Waals surface area contributed by atoms with Gasteiger partial charge in [0.05, 0.1) is 38.0 Å². The highest BCUT2D eigenvalue weighted by Gasteiger charge is 2.16. The highest BCUT2D eigenvalue weighted by Crippen LogP contribution is 2.29. The van der Waals surface area contributed by atoms with Crippen LogP contribution in [-0.4, -0.2) is 54.1 Å². The van der Waals surface area contributed by atoms with Gasteiger partial charge in [0.1, 0.15) is 6.54 Å². The third-order valence-electron chi connectivity index (χ3n) is 4.78. The monoisotopic (exact) mass is 424 g/mol. The number of nitrogens with zero attached hydrogens (tertiary/aromatic N) is 3. The number of aryl methyl sites for hydroxylation is 1. The molecular formula is C22H24N4O5. The zero-order chi connectivity index (χ0) is 22.5. The van der Waals surface area contributed by atoms with Crippen molar-refractivity contribution in [1.29, 1.82) is 0 Å². The van der Waals surface area contributed by atoms with E-state index in [0.29, 0.717) is 28.1 Å². The normalized spacial score (nSPS) is 10.6. The highest BCUT2D eigenvalue weighted by molar-refractivity contribution is 5.94. The number of amides is 2. The van der Waals surface area contributed by atoms with E-state index in [1.54, 1.807) is 18.2 Å². The zero-order valence-electron chi connectivity index (χ0n) is 17.8. The molecule has 0 saturated heterocycles. The van der Waals surface area contributed by atoms with E-state index in [0.717, 1.165) is 5.56 Å². The van der Waals surface area contributed by atoms with Crippen LogP contribution in [0, 0.1) is 6.92 Å². The molecule has 1 N–H and O–H groups in total. The van der Waals surface area contributed by atoms with Crippen molar-refractivity contribution in [2.75, 3.05) is 33.1 Å². The number of anilines is 1. The first-order chi connectivity index (χ1) is 14.8. The van der Waals surface area contributed by atoms with Crippen LogP contribution < -0.4 is 20.3 Å². The number of nitrogens with one attached hydrogen (secondary N) is 1. The molecule has 31 heavy (non-hydrogen) atoms. The van der Waals surface area contributed by atoms with Gasteiger partial charge in [-0.2, -0.15) is 0 Å². The van der Waals surface area contributed by atoms with Crippen LogP contribution in [-0.2, 0) is 16.1 Å². The van der Waals surface area contributed by atoms with Crippen molar-refractivity contribution in [2.24, 2.45) is 0 Å². The molecule has 0 aliphatic carbocycles. The van der Waals surface area contributed by atoms with Crippen LogP contribution in [0.15, 0.2) is 47.5 Å². The Bertz CT molecular complexity index is 1170. The Labute approximate surface area is 179 Å². The van der Waals surface area contributed by atoms with Crippen LogP contribution in [0.1, 0.15) is 5.56 Å². The van der Waals surface area contributed by atoms with Crippen molar-refractivity contribution in [1.82, 2.24) is 14.5 Å². The molecule has 0 radical (unpaired) electrons. The summed E-state index contributed by atoms with van der Waals surface area (Å²) in [6.45, 7) is 1.56. The van der Waals surface area contributed by atoms with Crippen molar-refractivity contribution in [3.8, 4) is 11.5 Å². The van der Waals surface area contributed by atoms with Gasteiger partial charge in [0.2, 0.25) is 11.8 Å². The van der Waals surface area contributed by atoms with Crippen LogP contribution >= 0.6 is 0 Å². The van der Waals surface area contributed by atoms with E-state index in [9.17, 15) is 14.4 Å². The second-order valence-corrected chi connectivity index (χ2v) is 7.07. The Morgan fingerprint density at radius 1 is 1.10 bits per heavy atom. The number of ether oxygens (including phenoxy) is 2. The topological polar surface area (TPSA) is 103 Å². The van der Waals surface area contributed by atoms with Gasteiger partial charge in [0.15, 0.2) is 11.5 Å². The maximum Gasteiger partial charge on any atom is 0.261 e. The maximum absolute atomic E-state index is 12.8. The van der Waals surface area contributed by atoms with E-state index in [4.69, 9.17) is 9.47 Å². The lowest BCUT2D eigenvalue weighted by atomic mass is 10.2.